The first kappa shape index (κ1) is 18.6. The molecule has 8 nitrogen and oxygen atoms in total. The van der Waals surface area contributed by atoms with Crippen molar-refractivity contribution in [2.45, 2.75) is 38.1 Å². The fourth-order valence-electron chi connectivity index (χ4n) is 3.84. The molecule has 1 aromatic heterocycles. The highest BCUT2D eigenvalue weighted by Gasteiger charge is 2.20. The second kappa shape index (κ2) is 8.52. The highest BCUT2D eigenvalue weighted by atomic mass is 16.2. The van der Waals surface area contributed by atoms with Crippen molar-refractivity contribution in [3.63, 3.8) is 0 Å². The van der Waals surface area contributed by atoms with Gasteiger partial charge in [0.15, 0.2) is 5.69 Å². The highest BCUT2D eigenvalue weighted by molar-refractivity contribution is 6.03. The zero-order valence-electron chi connectivity index (χ0n) is 15.9. The minimum absolute atomic E-state index is 0.0210. The Kier molecular flexibility index (Phi) is 5.66. The van der Waals surface area contributed by atoms with Crippen LogP contribution in [0.15, 0.2) is 30.5 Å². The lowest BCUT2D eigenvalue weighted by Crippen LogP contribution is -2.35. The molecule has 0 spiro atoms. The molecular formula is C20H26N6O2. The van der Waals surface area contributed by atoms with E-state index in [-0.39, 0.29) is 23.6 Å². The molecule has 2 amide bonds. The van der Waals surface area contributed by atoms with E-state index in [1.165, 1.54) is 6.42 Å². The molecule has 4 rings (SSSR count). The lowest BCUT2D eigenvalue weighted by molar-refractivity contribution is 0.0724. The zero-order valence-corrected chi connectivity index (χ0v) is 15.9. The van der Waals surface area contributed by atoms with Crippen molar-refractivity contribution in [2.24, 2.45) is 0 Å². The van der Waals surface area contributed by atoms with Crippen LogP contribution in [0.25, 0.3) is 0 Å². The number of likely N-dealkylation sites (tertiary alicyclic amines) is 1. The zero-order chi connectivity index (χ0) is 19.3. The molecule has 2 N–H and O–H groups in total. The molecule has 2 aromatic rings. The lowest BCUT2D eigenvalue weighted by atomic mass is 10.1. The standard InChI is InChI=1S/C20H26N6O2/c27-19(18-14-26(24-23-18)17-7-9-21-10-8-17)22-16-6-4-5-15(13-16)20(28)25-11-2-1-3-12-25/h4-6,13-14,17,21H,1-3,7-12H2,(H,22,27). The molecule has 2 saturated heterocycles. The average Bonchev–Trinajstić information content (AvgIpc) is 3.25. The van der Waals surface area contributed by atoms with Gasteiger partial charge in [-0.2, -0.15) is 0 Å². The Morgan fingerprint density at radius 2 is 1.89 bits per heavy atom. The summed E-state index contributed by atoms with van der Waals surface area (Å²) in [5.41, 5.74) is 1.47. The van der Waals surface area contributed by atoms with Crippen LogP contribution in [0.5, 0.6) is 0 Å². The molecule has 28 heavy (non-hydrogen) atoms. The number of carbonyl (C=O) groups excluding carboxylic acids is 2. The summed E-state index contributed by atoms with van der Waals surface area (Å²) in [5.74, 6) is -0.296. The number of rotatable bonds is 4. The Bertz CT molecular complexity index is 837. The Morgan fingerprint density at radius 1 is 1.11 bits per heavy atom. The van der Waals surface area contributed by atoms with Gasteiger partial charge in [-0.15, -0.1) is 5.10 Å². The van der Waals surface area contributed by atoms with Gasteiger partial charge in [-0.3, -0.25) is 9.59 Å². The molecule has 1 aromatic carbocycles. The molecule has 0 unspecified atom stereocenters. The Morgan fingerprint density at radius 3 is 2.68 bits per heavy atom. The van der Waals surface area contributed by atoms with Gasteiger partial charge in [0.25, 0.3) is 11.8 Å². The number of benzene rings is 1. The molecule has 8 heteroatoms. The third kappa shape index (κ3) is 4.22. The summed E-state index contributed by atoms with van der Waals surface area (Å²) in [6.45, 7) is 3.50. The third-order valence-corrected chi connectivity index (χ3v) is 5.44. The van der Waals surface area contributed by atoms with Crippen LogP contribution in [-0.4, -0.2) is 57.9 Å². The molecular weight excluding hydrogens is 356 g/mol. The minimum atomic E-state index is -0.317. The van der Waals surface area contributed by atoms with Crippen molar-refractivity contribution >= 4 is 17.5 Å². The van der Waals surface area contributed by atoms with Crippen molar-refractivity contribution in [1.29, 1.82) is 0 Å². The van der Waals surface area contributed by atoms with Crippen LogP contribution in [0.3, 0.4) is 0 Å². The summed E-state index contributed by atoms with van der Waals surface area (Å²) in [5, 5.41) is 14.3. The number of nitrogens with zero attached hydrogens (tertiary/aromatic N) is 4. The first-order chi connectivity index (χ1) is 13.7. The van der Waals surface area contributed by atoms with Gasteiger partial charge < -0.3 is 15.5 Å². The average molecular weight is 382 g/mol. The van der Waals surface area contributed by atoms with Crippen LogP contribution in [0.2, 0.25) is 0 Å². The monoisotopic (exact) mass is 382 g/mol. The van der Waals surface area contributed by atoms with E-state index < -0.39 is 0 Å². The molecule has 0 bridgehead atoms. The van der Waals surface area contributed by atoms with Gasteiger partial charge in [0.1, 0.15) is 0 Å². The van der Waals surface area contributed by atoms with Gasteiger partial charge in [-0.1, -0.05) is 11.3 Å². The summed E-state index contributed by atoms with van der Waals surface area (Å²) in [6.07, 6.45) is 6.94. The normalized spacial score (nSPS) is 18.1. The second-order valence-corrected chi connectivity index (χ2v) is 7.45. The number of nitrogens with one attached hydrogen (secondary N) is 2. The Hall–Kier alpha value is -2.74. The first-order valence-corrected chi connectivity index (χ1v) is 10.0. The van der Waals surface area contributed by atoms with Crippen molar-refractivity contribution in [3.05, 3.63) is 41.7 Å². The van der Waals surface area contributed by atoms with E-state index in [2.05, 4.69) is 20.9 Å². The van der Waals surface area contributed by atoms with Gasteiger partial charge in [-0.05, 0) is 63.4 Å². The Labute approximate surface area is 164 Å². The van der Waals surface area contributed by atoms with Crippen molar-refractivity contribution < 1.29 is 9.59 Å². The number of anilines is 1. The molecule has 0 saturated carbocycles. The molecule has 3 heterocycles. The maximum Gasteiger partial charge on any atom is 0.277 e. The molecule has 0 aliphatic carbocycles. The first-order valence-electron chi connectivity index (χ1n) is 10.0. The maximum absolute atomic E-state index is 12.7. The Balaban J connectivity index is 1.42. The van der Waals surface area contributed by atoms with Crippen LogP contribution in [0, 0.1) is 0 Å². The van der Waals surface area contributed by atoms with E-state index in [0.29, 0.717) is 11.3 Å². The molecule has 2 aliphatic rings. The van der Waals surface area contributed by atoms with Gasteiger partial charge in [0.05, 0.1) is 12.2 Å². The van der Waals surface area contributed by atoms with Crippen molar-refractivity contribution in [2.75, 3.05) is 31.5 Å². The number of piperidine rings is 2. The predicted octanol–water partition coefficient (Wildman–Crippen LogP) is 2.08. The third-order valence-electron chi connectivity index (χ3n) is 5.44. The molecule has 2 fully saturated rings. The van der Waals surface area contributed by atoms with E-state index in [9.17, 15) is 9.59 Å². The summed E-state index contributed by atoms with van der Waals surface area (Å²) >= 11 is 0. The van der Waals surface area contributed by atoms with Crippen LogP contribution >= 0.6 is 0 Å². The smallest absolute Gasteiger partial charge is 0.277 e. The van der Waals surface area contributed by atoms with E-state index in [4.69, 9.17) is 0 Å². The number of aromatic nitrogens is 3. The summed E-state index contributed by atoms with van der Waals surface area (Å²) in [4.78, 5) is 27.1. The van der Waals surface area contributed by atoms with Crippen LogP contribution < -0.4 is 10.6 Å². The molecule has 0 atom stereocenters. The van der Waals surface area contributed by atoms with E-state index >= 15 is 0 Å². The van der Waals surface area contributed by atoms with Gasteiger partial charge in [-0.25, -0.2) is 4.68 Å². The van der Waals surface area contributed by atoms with Gasteiger partial charge >= 0.3 is 0 Å². The van der Waals surface area contributed by atoms with Crippen LogP contribution in [-0.2, 0) is 0 Å². The van der Waals surface area contributed by atoms with Gasteiger partial charge in [0, 0.05) is 24.3 Å². The van der Waals surface area contributed by atoms with Crippen molar-refractivity contribution in [3.8, 4) is 0 Å². The fraction of sp³-hybridized carbons (Fsp3) is 0.500. The molecule has 0 radical (unpaired) electrons. The van der Waals surface area contributed by atoms with Crippen LogP contribution in [0.4, 0.5) is 5.69 Å². The van der Waals surface area contributed by atoms with E-state index in [1.54, 1.807) is 35.1 Å². The number of carbonyl (C=O) groups is 2. The van der Waals surface area contributed by atoms with Crippen LogP contribution in [0.1, 0.15) is 59.0 Å². The number of amides is 2. The summed E-state index contributed by atoms with van der Waals surface area (Å²) in [6, 6.07) is 7.37. The predicted molar refractivity (Wildman–Crippen MR) is 105 cm³/mol. The maximum atomic E-state index is 12.7. The number of hydrogen-bond donors (Lipinski definition) is 2. The molecule has 2 aliphatic heterocycles. The summed E-state index contributed by atoms with van der Waals surface area (Å²) in [7, 11) is 0. The number of hydrogen-bond acceptors (Lipinski definition) is 5. The lowest BCUT2D eigenvalue weighted by Gasteiger charge is -2.26. The quantitative estimate of drug-likeness (QED) is 0.845. The highest BCUT2D eigenvalue weighted by Crippen LogP contribution is 2.19. The van der Waals surface area contributed by atoms with Crippen molar-refractivity contribution in [1.82, 2.24) is 25.2 Å². The topological polar surface area (TPSA) is 92.2 Å². The van der Waals surface area contributed by atoms with E-state index in [0.717, 1.165) is 51.9 Å². The summed E-state index contributed by atoms with van der Waals surface area (Å²) < 4.78 is 1.78. The van der Waals surface area contributed by atoms with E-state index in [1.807, 2.05) is 4.90 Å². The molecule has 148 valence electrons. The van der Waals surface area contributed by atoms with Gasteiger partial charge in [0.2, 0.25) is 0 Å². The fourth-order valence-corrected chi connectivity index (χ4v) is 3.84. The second-order valence-electron chi connectivity index (χ2n) is 7.45. The SMILES string of the molecule is O=C(Nc1cccc(C(=O)N2CCCCC2)c1)c1cn(C2CCNCC2)nn1. The minimum Gasteiger partial charge on any atom is -0.339 e. The largest absolute Gasteiger partial charge is 0.339 e.